The van der Waals surface area contributed by atoms with Gasteiger partial charge < -0.3 is 14.2 Å². The highest BCUT2D eigenvalue weighted by Crippen LogP contribution is 2.50. The monoisotopic (exact) mass is 536 g/mol. The molecule has 7 heteroatoms. The van der Waals surface area contributed by atoms with Gasteiger partial charge in [0, 0.05) is 18.8 Å². The third-order valence-electron chi connectivity index (χ3n) is 8.10. The van der Waals surface area contributed by atoms with Crippen LogP contribution >= 0.6 is 0 Å². The molecule has 1 heterocycles. The summed E-state index contributed by atoms with van der Waals surface area (Å²) in [6.45, 7) is 10.6. The molecule has 4 rings (SSSR count). The van der Waals surface area contributed by atoms with Gasteiger partial charge in [0.1, 0.15) is 18.0 Å². The van der Waals surface area contributed by atoms with Crippen LogP contribution in [0.25, 0.3) is 6.08 Å². The van der Waals surface area contributed by atoms with Gasteiger partial charge in [-0.1, -0.05) is 38.1 Å². The molecule has 0 amide bonds. The topological polar surface area (TPSA) is 96.0 Å². The lowest BCUT2D eigenvalue weighted by molar-refractivity contribution is -0.162. The Bertz CT molecular complexity index is 1200. The summed E-state index contributed by atoms with van der Waals surface area (Å²) < 4.78 is 17.1. The van der Waals surface area contributed by atoms with Gasteiger partial charge in [-0.15, -0.1) is 0 Å². The molecule has 3 aliphatic rings. The molecule has 210 valence electrons. The Hall–Kier alpha value is -3.22. The molecule has 7 nitrogen and oxygen atoms in total. The average Bonchev–Trinajstić information content (AvgIpc) is 3.23. The minimum atomic E-state index is -0.683. The molecule has 0 unspecified atom stereocenters. The minimum absolute atomic E-state index is 0.0885. The lowest BCUT2D eigenvalue weighted by Gasteiger charge is -2.31. The van der Waals surface area contributed by atoms with E-state index in [4.69, 9.17) is 14.2 Å². The van der Waals surface area contributed by atoms with Crippen molar-refractivity contribution in [2.24, 2.45) is 23.2 Å². The molecule has 0 bridgehead atoms. The zero-order valence-electron chi connectivity index (χ0n) is 23.8. The highest BCUT2D eigenvalue weighted by Gasteiger charge is 2.45. The second-order valence-corrected chi connectivity index (χ2v) is 12.1. The normalized spacial score (nSPS) is 29.0. The van der Waals surface area contributed by atoms with Crippen molar-refractivity contribution in [2.45, 2.75) is 91.8 Å². The van der Waals surface area contributed by atoms with Gasteiger partial charge in [-0.3, -0.25) is 19.2 Å². The quantitative estimate of drug-likeness (QED) is 0.348. The molecule has 0 radical (unpaired) electrons. The first-order valence-electron chi connectivity index (χ1n) is 14.1. The lowest BCUT2D eigenvalue weighted by Crippen LogP contribution is -2.37. The molecule has 0 N–H and O–H groups in total. The summed E-state index contributed by atoms with van der Waals surface area (Å²) in [5.41, 5.74) is 1.84. The van der Waals surface area contributed by atoms with Crippen LogP contribution in [0.15, 0.2) is 35.9 Å². The Morgan fingerprint density at radius 1 is 1.13 bits per heavy atom. The fourth-order valence-electron chi connectivity index (χ4n) is 5.86. The molecule has 1 aromatic rings. The summed E-state index contributed by atoms with van der Waals surface area (Å²) in [7, 11) is 0. The van der Waals surface area contributed by atoms with Crippen LogP contribution in [0.1, 0.15) is 90.7 Å². The summed E-state index contributed by atoms with van der Waals surface area (Å²) in [6, 6.07) is 5.50. The van der Waals surface area contributed by atoms with Crippen molar-refractivity contribution < 1.29 is 33.4 Å². The van der Waals surface area contributed by atoms with Crippen LogP contribution in [0.4, 0.5) is 0 Å². The van der Waals surface area contributed by atoms with Crippen LogP contribution in [0.3, 0.4) is 0 Å². The van der Waals surface area contributed by atoms with Crippen LogP contribution in [0.2, 0.25) is 0 Å². The molecule has 2 aliphatic carbocycles. The van der Waals surface area contributed by atoms with Crippen LogP contribution in [-0.2, 0) is 28.7 Å². The number of ketones is 1. The van der Waals surface area contributed by atoms with E-state index in [2.05, 4.69) is 0 Å². The van der Waals surface area contributed by atoms with Gasteiger partial charge in [-0.2, -0.15) is 0 Å². The number of esters is 3. The van der Waals surface area contributed by atoms with E-state index in [0.29, 0.717) is 37.0 Å². The van der Waals surface area contributed by atoms with E-state index in [9.17, 15) is 19.2 Å². The fraction of sp³-hybridized carbons (Fsp3) is 0.562. The van der Waals surface area contributed by atoms with Gasteiger partial charge in [-0.05, 0) is 81.2 Å². The Labute approximate surface area is 231 Å². The van der Waals surface area contributed by atoms with E-state index in [1.807, 2.05) is 44.2 Å². The molecule has 1 aromatic carbocycles. The second-order valence-electron chi connectivity index (χ2n) is 12.1. The van der Waals surface area contributed by atoms with Crippen molar-refractivity contribution in [3.63, 3.8) is 0 Å². The number of hydrogen-bond donors (Lipinski definition) is 0. The van der Waals surface area contributed by atoms with Crippen LogP contribution in [0.5, 0.6) is 5.75 Å². The number of allylic oxidation sites excluding steroid dienone is 3. The summed E-state index contributed by atoms with van der Waals surface area (Å²) in [5.74, 6) is -1.72. The van der Waals surface area contributed by atoms with Gasteiger partial charge in [-0.25, -0.2) is 0 Å². The Kier molecular flexibility index (Phi) is 8.48. The van der Waals surface area contributed by atoms with E-state index < -0.39 is 23.4 Å². The van der Waals surface area contributed by atoms with Crippen LogP contribution < -0.4 is 4.74 Å². The summed E-state index contributed by atoms with van der Waals surface area (Å²) in [5, 5.41) is 0. The Balaban J connectivity index is 1.70. The van der Waals surface area contributed by atoms with E-state index in [1.165, 1.54) is 6.92 Å². The number of Topliss-reactive ketones (excluding diaryl/α,β-unsaturated/α-hetero) is 1. The molecule has 0 spiro atoms. The number of ether oxygens (including phenoxy) is 3. The first-order valence-corrected chi connectivity index (χ1v) is 14.1. The van der Waals surface area contributed by atoms with Gasteiger partial charge in [0.2, 0.25) is 0 Å². The predicted molar refractivity (Wildman–Crippen MR) is 147 cm³/mol. The standard InChI is InChI=1S/C32H40O7/c1-7-21-9-8-10-28(39-31(36)32(4,5)6)18(2)30(35)27-16-25-23-14-12-22(37-19(3)33)15-20(23)11-13-24(25)26(27)17-29(34)38-21/h11-16,18,21,24-26,28H,7-10,17H2,1-6H3/t18-,21+,24-,25+,26+,28+/m1/s1. The van der Waals surface area contributed by atoms with Crippen molar-refractivity contribution in [1.82, 2.24) is 0 Å². The highest BCUT2D eigenvalue weighted by atomic mass is 16.6. The van der Waals surface area contributed by atoms with Gasteiger partial charge in [0.05, 0.1) is 17.8 Å². The van der Waals surface area contributed by atoms with E-state index in [1.54, 1.807) is 26.8 Å². The molecule has 1 fully saturated rings. The zero-order chi connectivity index (χ0) is 28.5. The lowest BCUT2D eigenvalue weighted by atomic mass is 9.75. The average molecular weight is 537 g/mol. The van der Waals surface area contributed by atoms with Crippen LogP contribution in [-0.4, -0.2) is 35.9 Å². The summed E-state index contributed by atoms with van der Waals surface area (Å²) >= 11 is 0. The Morgan fingerprint density at radius 3 is 2.54 bits per heavy atom. The molecular formula is C32H40O7. The van der Waals surface area contributed by atoms with Crippen molar-refractivity contribution in [1.29, 1.82) is 0 Å². The van der Waals surface area contributed by atoms with Crippen molar-refractivity contribution >= 4 is 29.8 Å². The largest absolute Gasteiger partial charge is 0.462 e. The minimum Gasteiger partial charge on any atom is -0.462 e. The third-order valence-corrected chi connectivity index (χ3v) is 8.10. The maximum atomic E-state index is 14.0. The number of benzene rings is 1. The summed E-state index contributed by atoms with van der Waals surface area (Å²) in [6.07, 6.45) is 7.90. The SMILES string of the molecule is CC[C@H]1CCC[C@H](OC(=O)C(C)(C)C)[C@@H](C)C(=O)C2=C[C@H]3c4ccc(OC(C)=O)cc4C=C[C@H]3[C@@H]2CC(=O)O1. The first kappa shape index (κ1) is 28.8. The number of carbonyl (C=O) groups excluding carboxylic acids is 4. The Morgan fingerprint density at radius 2 is 1.87 bits per heavy atom. The number of cyclic esters (lactones) is 1. The van der Waals surface area contributed by atoms with Crippen molar-refractivity contribution in [3.8, 4) is 5.75 Å². The zero-order valence-corrected chi connectivity index (χ0v) is 23.8. The molecule has 39 heavy (non-hydrogen) atoms. The highest BCUT2D eigenvalue weighted by molar-refractivity contribution is 5.99. The molecule has 0 aromatic heterocycles. The molecule has 1 saturated heterocycles. The number of rotatable bonds is 3. The van der Waals surface area contributed by atoms with E-state index in [0.717, 1.165) is 11.1 Å². The van der Waals surface area contributed by atoms with Crippen molar-refractivity contribution in [3.05, 3.63) is 47.1 Å². The fourth-order valence-corrected chi connectivity index (χ4v) is 5.86. The molecule has 6 atom stereocenters. The first-order chi connectivity index (χ1) is 18.4. The predicted octanol–water partition coefficient (Wildman–Crippen LogP) is 5.95. The van der Waals surface area contributed by atoms with Crippen molar-refractivity contribution in [2.75, 3.05) is 0 Å². The van der Waals surface area contributed by atoms with Gasteiger partial charge in [0.25, 0.3) is 0 Å². The molecular weight excluding hydrogens is 496 g/mol. The smallest absolute Gasteiger partial charge is 0.311 e. The maximum absolute atomic E-state index is 14.0. The maximum Gasteiger partial charge on any atom is 0.311 e. The summed E-state index contributed by atoms with van der Waals surface area (Å²) in [4.78, 5) is 51.4. The molecule has 1 aliphatic heterocycles. The number of fused-ring (bicyclic) bond motifs is 5. The van der Waals surface area contributed by atoms with E-state index in [-0.39, 0.29) is 48.0 Å². The number of hydrogen-bond acceptors (Lipinski definition) is 7. The third kappa shape index (κ3) is 6.34. The number of carbonyl (C=O) groups is 4. The second kappa shape index (κ2) is 11.5. The van der Waals surface area contributed by atoms with Gasteiger partial charge >= 0.3 is 17.9 Å². The van der Waals surface area contributed by atoms with Crippen LogP contribution in [0, 0.1) is 23.2 Å². The van der Waals surface area contributed by atoms with Gasteiger partial charge in [0.15, 0.2) is 5.78 Å². The van der Waals surface area contributed by atoms with E-state index >= 15 is 0 Å². The molecule has 0 saturated carbocycles.